The predicted octanol–water partition coefficient (Wildman–Crippen LogP) is 4.81. The normalized spacial score (nSPS) is 13.3. The third-order valence-corrected chi connectivity index (χ3v) is 4.81. The van der Waals surface area contributed by atoms with Crippen molar-refractivity contribution in [2.24, 2.45) is 0 Å². The minimum atomic E-state index is -0.380. The van der Waals surface area contributed by atoms with Gasteiger partial charge >= 0.3 is 5.97 Å². The molecule has 0 saturated heterocycles. The fourth-order valence-corrected chi connectivity index (χ4v) is 3.26. The van der Waals surface area contributed by atoms with Crippen LogP contribution in [0.5, 0.6) is 0 Å². The minimum absolute atomic E-state index is 0.299. The molecule has 0 aliphatic heterocycles. The van der Waals surface area contributed by atoms with Crippen molar-refractivity contribution in [1.29, 1.82) is 0 Å². The van der Waals surface area contributed by atoms with Gasteiger partial charge in [-0.15, -0.1) is 0 Å². The Kier molecular flexibility index (Phi) is 7.39. The number of pyridine rings is 1. The van der Waals surface area contributed by atoms with E-state index in [-0.39, 0.29) is 11.9 Å². The zero-order valence-electron chi connectivity index (χ0n) is 16.7. The molecule has 6 heteroatoms. The number of benzene rings is 1. The number of amides is 1. The summed E-state index contributed by atoms with van der Waals surface area (Å²) in [6.07, 6.45) is 9.97. The third kappa shape index (κ3) is 6.17. The van der Waals surface area contributed by atoms with Crippen LogP contribution in [0.1, 0.15) is 59.9 Å². The molecule has 152 valence electrons. The van der Waals surface area contributed by atoms with E-state index < -0.39 is 0 Å². The highest BCUT2D eigenvalue weighted by Crippen LogP contribution is 2.20. The van der Waals surface area contributed by atoms with E-state index in [4.69, 9.17) is 4.74 Å². The molecule has 1 amide bonds. The van der Waals surface area contributed by atoms with E-state index in [9.17, 15) is 9.59 Å². The SMILES string of the molecule is CCOC(=O)c1ccc(NC(=O)c2cc(NCCC3=CCCCC3)ccn2)cc1. The minimum Gasteiger partial charge on any atom is -0.462 e. The molecule has 29 heavy (non-hydrogen) atoms. The molecule has 3 rings (SSSR count). The van der Waals surface area contributed by atoms with Gasteiger partial charge in [0.05, 0.1) is 12.2 Å². The van der Waals surface area contributed by atoms with Gasteiger partial charge in [-0.2, -0.15) is 0 Å². The standard InChI is InChI=1S/C23H27N3O3/c1-2-29-23(28)18-8-10-19(11-9-18)26-22(27)21-16-20(13-15-25-21)24-14-12-17-6-4-3-5-7-17/h6,8-11,13,15-16H,2-5,7,12,14H2,1H3,(H,24,25)(H,26,27). The summed E-state index contributed by atoms with van der Waals surface area (Å²) >= 11 is 0. The Hall–Kier alpha value is -3.15. The van der Waals surface area contributed by atoms with Crippen LogP contribution in [0.4, 0.5) is 11.4 Å². The average Bonchev–Trinajstić information content (AvgIpc) is 2.75. The molecule has 0 unspecified atom stereocenters. The third-order valence-electron chi connectivity index (χ3n) is 4.81. The Morgan fingerprint density at radius 2 is 1.93 bits per heavy atom. The van der Waals surface area contributed by atoms with Crippen LogP contribution in [0.2, 0.25) is 0 Å². The molecule has 1 aliphatic rings. The van der Waals surface area contributed by atoms with E-state index in [1.54, 1.807) is 43.5 Å². The molecule has 0 radical (unpaired) electrons. The first-order chi connectivity index (χ1) is 14.2. The molecule has 1 aromatic carbocycles. The Bertz CT molecular complexity index is 875. The molecule has 0 fully saturated rings. The molecular weight excluding hydrogens is 366 g/mol. The molecule has 0 atom stereocenters. The number of aromatic nitrogens is 1. The molecule has 6 nitrogen and oxygen atoms in total. The highest BCUT2D eigenvalue weighted by Gasteiger charge is 2.11. The van der Waals surface area contributed by atoms with E-state index >= 15 is 0 Å². The summed E-state index contributed by atoms with van der Waals surface area (Å²) in [5.74, 6) is -0.678. The number of hydrogen-bond donors (Lipinski definition) is 2. The van der Waals surface area contributed by atoms with Crippen LogP contribution < -0.4 is 10.6 Å². The smallest absolute Gasteiger partial charge is 0.338 e. The van der Waals surface area contributed by atoms with Crippen molar-refractivity contribution in [3.8, 4) is 0 Å². The number of hydrogen-bond acceptors (Lipinski definition) is 5. The molecule has 2 aromatic rings. The molecule has 2 N–H and O–H groups in total. The van der Waals surface area contributed by atoms with Crippen molar-refractivity contribution in [1.82, 2.24) is 4.98 Å². The van der Waals surface area contributed by atoms with Crippen molar-refractivity contribution >= 4 is 23.3 Å². The van der Waals surface area contributed by atoms with Gasteiger partial charge in [0.1, 0.15) is 5.69 Å². The largest absolute Gasteiger partial charge is 0.462 e. The van der Waals surface area contributed by atoms with E-state index in [0.717, 1.165) is 18.7 Å². The predicted molar refractivity (Wildman–Crippen MR) is 114 cm³/mol. The van der Waals surface area contributed by atoms with E-state index in [2.05, 4.69) is 21.7 Å². The van der Waals surface area contributed by atoms with Crippen LogP contribution in [0.25, 0.3) is 0 Å². The Morgan fingerprint density at radius 3 is 2.66 bits per heavy atom. The summed E-state index contributed by atoms with van der Waals surface area (Å²) in [6.45, 7) is 2.92. The number of nitrogens with one attached hydrogen (secondary N) is 2. The number of rotatable bonds is 8. The van der Waals surface area contributed by atoms with Crippen LogP contribution >= 0.6 is 0 Å². The Morgan fingerprint density at radius 1 is 1.10 bits per heavy atom. The van der Waals surface area contributed by atoms with Crippen LogP contribution in [-0.2, 0) is 4.74 Å². The topological polar surface area (TPSA) is 80.3 Å². The van der Waals surface area contributed by atoms with E-state index in [0.29, 0.717) is 23.6 Å². The van der Waals surface area contributed by atoms with E-state index in [1.807, 2.05) is 6.07 Å². The summed E-state index contributed by atoms with van der Waals surface area (Å²) in [4.78, 5) is 28.4. The number of carbonyl (C=O) groups is 2. The van der Waals surface area contributed by atoms with Gasteiger partial charge < -0.3 is 15.4 Å². The summed E-state index contributed by atoms with van der Waals surface area (Å²) in [5.41, 5.74) is 3.76. The van der Waals surface area contributed by atoms with Gasteiger partial charge in [0.25, 0.3) is 5.91 Å². The molecule has 0 saturated carbocycles. The number of carbonyl (C=O) groups excluding carboxylic acids is 2. The first kappa shape index (κ1) is 20.6. The van der Waals surface area contributed by atoms with E-state index in [1.165, 1.54) is 31.3 Å². The highest BCUT2D eigenvalue weighted by atomic mass is 16.5. The first-order valence-corrected chi connectivity index (χ1v) is 10.1. The molecule has 1 aliphatic carbocycles. The fraction of sp³-hybridized carbons (Fsp3) is 0.348. The zero-order chi connectivity index (χ0) is 20.5. The van der Waals surface area contributed by atoms with Gasteiger partial charge in [0.15, 0.2) is 0 Å². The van der Waals surface area contributed by atoms with Gasteiger partial charge in [0.2, 0.25) is 0 Å². The van der Waals surface area contributed by atoms with Crippen LogP contribution in [0.15, 0.2) is 54.2 Å². The van der Waals surface area contributed by atoms with Crippen molar-refractivity contribution in [2.75, 3.05) is 23.8 Å². The lowest BCUT2D eigenvalue weighted by Gasteiger charge is -2.13. The summed E-state index contributed by atoms with van der Waals surface area (Å²) < 4.78 is 4.96. The lowest BCUT2D eigenvalue weighted by atomic mass is 9.97. The molecule has 0 spiro atoms. The second-order valence-electron chi connectivity index (χ2n) is 6.97. The Labute approximate surface area is 171 Å². The highest BCUT2D eigenvalue weighted by molar-refractivity contribution is 6.03. The van der Waals surface area contributed by atoms with Crippen molar-refractivity contribution in [2.45, 2.75) is 39.0 Å². The quantitative estimate of drug-likeness (QED) is 0.497. The molecule has 1 aromatic heterocycles. The second-order valence-corrected chi connectivity index (χ2v) is 6.97. The van der Waals surface area contributed by atoms with Crippen molar-refractivity contribution < 1.29 is 14.3 Å². The summed E-state index contributed by atoms with van der Waals surface area (Å²) in [7, 11) is 0. The number of nitrogens with zero attached hydrogens (tertiary/aromatic N) is 1. The van der Waals surface area contributed by atoms with Gasteiger partial charge in [-0.1, -0.05) is 11.6 Å². The van der Waals surface area contributed by atoms with Crippen molar-refractivity contribution in [3.05, 3.63) is 65.5 Å². The molecule has 1 heterocycles. The number of allylic oxidation sites excluding steroid dienone is 1. The zero-order valence-corrected chi connectivity index (χ0v) is 16.7. The maximum Gasteiger partial charge on any atom is 0.338 e. The maximum absolute atomic E-state index is 12.5. The lowest BCUT2D eigenvalue weighted by molar-refractivity contribution is 0.0526. The average molecular weight is 393 g/mol. The number of esters is 1. The Balaban J connectivity index is 1.54. The molecular formula is C23H27N3O3. The number of anilines is 2. The van der Waals surface area contributed by atoms with Gasteiger partial charge in [-0.25, -0.2) is 4.79 Å². The summed E-state index contributed by atoms with van der Waals surface area (Å²) in [5, 5.41) is 6.17. The first-order valence-electron chi connectivity index (χ1n) is 10.1. The van der Waals surface area contributed by atoms with Gasteiger partial charge in [0, 0.05) is 24.1 Å². The number of ether oxygens (including phenoxy) is 1. The van der Waals surface area contributed by atoms with Crippen LogP contribution in [0.3, 0.4) is 0 Å². The lowest BCUT2D eigenvalue weighted by Crippen LogP contribution is -2.14. The fourth-order valence-electron chi connectivity index (χ4n) is 3.26. The van der Waals surface area contributed by atoms with Gasteiger partial charge in [-0.3, -0.25) is 9.78 Å². The summed E-state index contributed by atoms with van der Waals surface area (Å²) in [6, 6.07) is 10.2. The second kappa shape index (κ2) is 10.4. The van der Waals surface area contributed by atoms with Gasteiger partial charge in [-0.05, 0) is 75.4 Å². The maximum atomic E-state index is 12.5. The monoisotopic (exact) mass is 393 g/mol. The molecule has 0 bridgehead atoms. The van der Waals surface area contributed by atoms with Crippen molar-refractivity contribution in [3.63, 3.8) is 0 Å². The van der Waals surface area contributed by atoms with Crippen LogP contribution in [-0.4, -0.2) is 30.0 Å². The van der Waals surface area contributed by atoms with Crippen LogP contribution in [0, 0.1) is 0 Å².